The Morgan fingerprint density at radius 1 is 1.24 bits per heavy atom. The second kappa shape index (κ2) is 7.08. The second-order valence-corrected chi connectivity index (χ2v) is 7.48. The first-order valence-corrected chi connectivity index (χ1v) is 8.90. The lowest BCUT2D eigenvalue weighted by atomic mass is 10.2. The number of hydrogen-bond acceptors (Lipinski definition) is 6. The van der Waals surface area contributed by atoms with Crippen LogP contribution in [0.15, 0.2) is 34.9 Å². The fraction of sp³-hybridized carbons (Fsp3) is 0.385. The van der Waals surface area contributed by atoms with Gasteiger partial charge in [0.2, 0.25) is 0 Å². The number of thiazole rings is 1. The summed E-state index contributed by atoms with van der Waals surface area (Å²) in [6, 6.07) is 3.65. The van der Waals surface area contributed by atoms with Crippen molar-refractivity contribution in [3.8, 4) is 0 Å². The fourth-order valence-electron chi connectivity index (χ4n) is 1.57. The van der Waals surface area contributed by atoms with Gasteiger partial charge in [0.05, 0.1) is 6.54 Å². The van der Waals surface area contributed by atoms with Gasteiger partial charge >= 0.3 is 0 Å². The van der Waals surface area contributed by atoms with Gasteiger partial charge in [-0.2, -0.15) is 0 Å². The van der Waals surface area contributed by atoms with E-state index in [-0.39, 0.29) is 11.6 Å². The monoisotopic (exact) mass is 326 g/mol. The lowest BCUT2D eigenvalue weighted by Crippen LogP contribution is -2.24. The zero-order valence-electron chi connectivity index (χ0n) is 11.9. The summed E-state index contributed by atoms with van der Waals surface area (Å²) in [4.78, 5) is 8.05. The Balaban J connectivity index is 1.99. The molecule has 0 bridgehead atoms. The zero-order chi connectivity index (χ0) is 15.3. The van der Waals surface area contributed by atoms with E-state index >= 15 is 0 Å². The van der Waals surface area contributed by atoms with Gasteiger partial charge in [0.25, 0.3) is 10.0 Å². The van der Waals surface area contributed by atoms with Gasteiger partial charge in [0, 0.05) is 30.4 Å². The maximum atomic E-state index is 12.1. The number of sulfonamides is 1. The number of aromatic nitrogens is 2. The van der Waals surface area contributed by atoms with Gasteiger partial charge in [-0.1, -0.05) is 19.9 Å². The van der Waals surface area contributed by atoms with Crippen LogP contribution in [0, 0.1) is 0 Å². The largest absolute Gasteiger partial charge is 0.310 e. The first-order valence-electron chi connectivity index (χ1n) is 6.54. The summed E-state index contributed by atoms with van der Waals surface area (Å²) in [5.74, 6) is 0. The molecule has 0 aliphatic carbocycles. The number of rotatable bonds is 7. The van der Waals surface area contributed by atoms with E-state index in [1.807, 2.05) is 0 Å². The van der Waals surface area contributed by atoms with Gasteiger partial charge < -0.3 is 5.32 Å². The first kappa shape index (κ1) is 16.0. The van der Waals surface area contributed by atoms with Gasteiger partial charge in [-0.3, -0.25) is 0 Å². The van der Waals surface area contributed by atoms with E-state index in [4.69, 9.17) is 0 Å². The van der Waals surface area contributed by atoms with Crippen molar-refractivity contribution in [3.05, 3.63) is 40.5 Å². The maximum absolute atomic E-state index is 12.1. The average Bonchev–Trinajstić information content (AvgIpc) is 2.97. The number of hydrogen-bond donors (Lipinski definition) is 2. The number of nitrogens with one attached hydrogen (secondary N) is 2. The molecule has 0 saturated heterocycles. The predicted molar refractivity (Wildman–Crippen MR) is 82.4 cm³/mol. The highest BCUT2D eigenvalue weighted by Crippen LogP contribution is 2.09. The van der Waals surface area contributed by atoms with E-state index in [2.05, 4.69) is 33.9 Å². The van der Waals surface area contributed by atoms with Crippen molar-refractivity contribution in [1.29, 1.82) is 0 Å². The van der Waals surface area contributed by atoms with Gasteiger partial charge in [0.15, 0.2) is 5.03 Å². The van der Waals surface area contributed by atoms with Crippen molar-refractivity contribution in [3.63, 3.8) is 0 Å². The Hall–Kier alpha value is -1.35. The van der Waals surface area contributed by atoms with Crippen molar-refractivity contribution < 1.29 is 8.42 Å². The van der Waals surface area contributed by atoms with E-state index in [1.54, 1.807) is 23.8 Å². The molecule has 2 aromatic heterocycles. The molecule has 2 rings (SSSR count). The lowest BCUT2D eigenvalue weighted by molar-refractivity contribution is 0.575. The summed E-state index contributed by atoms with van der Waals surface area (Å²) in [6.45, 7) is 4.94. The minimum atomic E-state index is -3.60. The third-order valence-electron chi connectivity index (χ3n) is 2.68. The maximum Gasteiger partial charge on any atom is 0.258 e. The molecule has 0 spiro atoms. The molecule has 0 radical (unpaired) electrons. The predicted octanol–water partition coefficient (Wildman–Crippen LogP) is 1.51. The highest BCUT2D eigenvalue weighted by atomic mass is 32.2. The molecule has 0 amide bonds. The van der Waals surface area contributed by atoms with Crippen molar-refractivity contribution in [1.82, 2.24) is 20.0 Å². The zero-order valence-corrected chi connectivity index (χ0v) is 13.5. The van der Waals surface area contributed by atoms with Crippen LogP contribution in [0.1, 0.15) is 24.4 Å². The topological polar surface area (TPSA) is 84.0 Å². The van der Waals surface area contributed by atoms with Crippen molar-refractivity contribution in [2.45, 2.75) is 38.0 Å². The van der Waals surface area contributed by atoms with Crippen LogP contribution in [0.4, 0.5) is 0 Å². The molecular formula is C13H18N4O2S2. The molecule has 0 aliphatic rings. The van der Waals surface area contributed by atoms with Gasteiger partial charge in [-0.05, 0) is 11.6 Å². The van der Waals surface area contributed by atoms with Crippen LogP contribution in [-0.4, -0.2) is 24.4 Å². The molecule has 0 atom stereocenters. The van der Waals surface area contributed by atoms with Gasteiger partial charge in [-0.15, -0.1) is 11.3 Å². The Labute approximate surface area is 128 Å². The summed E-state index contributed by atoms with van der Waals surface area (Å²) in [6.07, 6.45) is 3.22. The summed E-state index contributed by atoms with van der Waals surface area (Å²) in [7, 11) is -3.60. The summed E-state index contributed by atoms with van der Waals surface area (Å²) in [5, 5.41) is 5.80. The van der Waals surface area contributed by atoms with Gasteiger partial charge in [-0.25, -0.2) is 23.1 Å². The van der Waals surface area contributed by atoms with E-state index in [1.165, 1.54) is 17.4 Å². The quantitative estimate of drug-likeness (QED) is 0.806. The van der Waals surface area contributed by atoms with Crippen molar-refractivity contribution in [2.24, 2.45) is 0 Å². The molecule has 2 N–H and O–H groups in total. The number of pyridine rings is 1. The Morgan fingerprint density at radius 3 is 2.62 bits per heavy atom. The van der Waals surface area contributed by atoms with Crippen LogP contribution in [0.3, 0.4) is 0 Å². The standard InChI is InChI=1S/C13H18N4O2S2/c1-10(2)15-7-11-3-4-13(16-8-11)21(18,19)17-9-12-14-5-6-20-12/h3-6,8,10,15,17H,7,9H2,1-2H3. The highest BCUT2D eigenvalue weighted by Gasteiger charge is 2.15. The third kappa shape index (κ3) is 4.85. The summed E-state index contributed by atoms with van der Waals surface area (Å²) in [5.41, 5.74) is 0.947. The Morgan fingerprint density at radius 2 is 2.05 bits per heavy atom. The molecule has 6 nitrogen and oxygen atoms in total. The van der Waals surface area contributed by atoms with Crippen molar-refractivity contribution >= 4 is 21.4 Å². The SMILES string of the molecule is CC(C)NCc1ccc(S(=O)(=O)NCc2nccs2)nc1. The van der Waals surface area contributed by atoms with E-state index in [0.29, 0.717) is 12.6 Å². The molecule has 114 valence electrons. The van der Waals surface area contributed by atoms with E-state index in [9.17, 15) is 8.42 Å². The Bertz CT molecular complexity index is 652. The third-order valence-corrected chi connectivity index (χ3v) is 4.78. The molecule has 8 heteroatoms. The molecule has 2 heterocycles. The molecular weight excluding hydrogens is 308 g/mol. The smallest absolute Gasteiger partial charge is 0.258 e. The normalized spacial score (nSPS) is 12.0. The second-order valence-electron chi connectivity index (χ2n) is 4.79. The first-order chi connectivity index (χ1) is 9.97. The summed E-state index contributed by atoms with van der Waals surface area (Å²) < 4.78 is 26.7. The Kier molecular flexibility index (Phi) is 5.40. The minimum Gasteiger partial charge on any atom is -0.310 e. The van der Waals surface area contributed by atoms with Crippen LogP contribution in [0.5, 0.6) is 0 Å². The lowest BCUT2D eigenvalue weighted by Gasteiger charge is -2.08. The highest BCUT2D eigenvalue weighted by molar-refractivity contribution is 7.89. The van der Waals surface area contributed by atoms with E-state index < -0.39 is 10.0 Å². The number of nitrogens with zero attached hydrogens (tertiary/aromatic N) is 2. The molecule has 2 aromatic rings. The van der Waals surface area contributed by atoms with Crippen LogP contribution >= 0.6 is 11.3 Å². The van der Waals surface area contributed by atoms with E-state index in [0.717, 1.165) is 10.6 Å². The van der Waals surface area contributed by atoms with Crippen molar-refractivity contribution in [2.75, 3.05) is 0 Å². The summed E-state index contributed by atoms with van der Waals surface area (Å²) >= 11 is 1.40. The minimum absolute atomic E-state index is 0.0207. The fourth-order valence-corrected chi connectivity index (χ4v) is 3.13. The molecule has 0 aliphatic heterocycles. The molecule has 0 saturated carbocycles. The van der Waals surface area contributed by atoms with Crippen LogP contribution < -0.4 is 10.0 Å². The van der Waals surface area contributed by atoms with Crippen LogP contribution in [0.2, 0.25) is 0 Å². The van der Waals surface area contributed by atoms with Crippen LogP contribution in [-0.2, 0) is 23.1 Å². The van der Waals surface area contributed by atoms with Crippen LogP contribution in [0.25, 0.3) is 0 Å². The molecule has 0 fully saturated rings. The average molecular weight is 326 g/mol. The van der Waals surface area contributed by atoms with Gasteiger partial charge in [0.1, 0.15) is 5.01 Å². The molecule has 0 unspecified atom stereocenters. The molecule has 21 heavy (non-hydrogen) atoms. The molecule has 0 aromatic carbocycles.